The minimum atomic E-state index is -1.51. The van der Waals surface area contributed by atoms with E-state index in [0.29, 0.717) is 0 Å². The topological polar surface area (TPSA) is 9.23 Å². The molecule has 0 heterocycles. The fourth-order valence-electron chi connectivity index (χ4n) is 4.45. The second-order valence-electron chi connectivity index (χ2n) is 10.0. The van der Waals surface area contributed by atoms with Gasteiger partial charge in [0.15, 0.2) is 8.32 Å². The monoisotopic (exact) mass is 589 g/mol. The summed E-state index contributed by atoms with van der Waals surface area (Å²) in [6, 6.07) is 14.4. The van der Waals surface area contributed by atoms with E-state index in [1.165, 1.54) is 43.6 Å². The third kappa shape index (κ3) is 6.60. The van der Waals surface area contributed by atoms with E-state index in [0.717, 1.165) is 13.0 Å². The molecule has 4 rings (SSSR count). The Morgan fingerprint density at radius 3 is 2.33 bits per heavy atom. The quantitative estimate of drug-likeness (QED) is 0.281. The van der Waals surface area contributed by atoms with E-state index in [-0.39, 0.29) is 51.0 Å². The Bertz CT molecular complexity index is 1270. The van der Waals surface area contributed by atoms with Gasteiger partial charge in [0.2, 0.25) is 0 Å². The molecule has 0 aromatic heterocycles. The maximum absolute atomic E-state index is 6.18. The molecule has 0 amide bonds. The van der Waals surface area contributed by atoms with Crippen LogP contribution in [0.15, 0.2) is 53.7 Å². The van der Waals surface area contributed by atoms with Crippen LogP contribution in [0.2, 0.25) is 38.8 Å². The molecule has 0 N–H and O–H groups in total. The molecule has 0 atom stereocenters. The van der Waals surface area contributed by atoms with Gasteiger partial charge < -0.3 is 29.2 Å². The Kier molecular flexibility index (Phi) is 11.1. The maximum atomic E-state index is 6.18. The summed E-state index contributed by atoms with van der Waals surface area (Å²) in [7, 11) is -2.95. The van der Waals surface area contributed by atoms with Gasteiger partial charge in [0.1, 0.15) is 0 Å². The first-order valence-electron chi connectivity index (χ1n) is 11.1. The first-order valence-corrected chi connectivity index (χ1v) is 17.7. The minimum Gasteiger partial charge on any atom is -1.00 e. The molecule has 2 aliphatic rings. The minimum absolute atomic E-state index is 0. The van der Waals surface area contributed by atoms with E-state index in [1.807, 2.05) is 0 Å². The maximum Gasteiger partial charge on any atom is 3.00 e. The molecule has 0 bridgehead atoms. The molecule has 6 heteroatoms. The summed E-state index contributed by atoms with van der Waals surface area (Å²) in [6.07, 6.45) is 12.0. The number of fused-ring (bicyclic) bond motifs is 2. The van der Waals surface area contributed by atoms with Gasteiger partial charge in [-0.15, -0.1) is 33.4 Å². The Morgan fingerprint density at radius 1 is 0.970 bits per heavy atom. The summed E-state index contributed by atoms with van der Waals surface area (Å²) in [5.41, 5.74) is 4.09. The number of rotatable bonds is 6. The van der Waals surface area contributed by atoms with Crippen LogP contribution in [0.4, 0.5) is 0 Å². The smallest absolute Gasteiger partial charge is 1.00 e. The van der Waals surface area contributed by atoms with Crippen LogP contribution < -0.4 is 35.3 Å². The standard InChI is InChI=1S/C27H33OSi2.2ClH.Zr/c1-7-20-13-15-25-24-11-9-8-10-21(24)19-26(25)27(20)22-12-14-23(18-22)30(5,6)17-16-28-29(2,3)4;;;/h7-11,13-15,18H,12,16-17H2,1-6H3;2*1H;/q-1;;;+3/p-2. The number of hydrogen-bond acceptors (Lipinski definition) is 1. The molecular formula is C27H33Cl2OSi2Zr. The fourth-order valence-corrected chi connectivity index (χ4v) is 7.49. The molecule has 0 saturated heterocycles. The largest absolute Gasteiger partial charge is 3.00 e. The summed E-state index contributed by atoms with van der Waals surface area (Å²) in [5, 5.41) is 6.73. The van der Waals surface area contributed by atoms with E-state index in [9.17, 15) is 0 Å². The van der Waals surface area contributed by atoms with Crippen molar-refractivity contribution in [3.63, 3.8) is 0 Å². The third-order valence-electron chi connectivity index (χ3n) is 6.26. The van der Waals surface area contributed by atoms with Gasteiger partial charge in [0.05, 0.1) is 8.07 Å². The molecular weight excluding hydrogens is 559 g/mol. The fraction of sp³-hybridized carbons (Fsp3) is 0.333. The molecule has 0 unspecified atom stereocenters. The SMILES string of the molecule is CC=c1ccc2c(c1C1=CC([Si](C)(C)CCO[Si](C)(C)C)=CC1)[C-]=c1ccccc1=2.[Cl-].[Cl-].[Zr+3]. The van der Waals surface area contributed by atoms with Crippen molar-refractivity contribution in [2.24, 2.45) is 0 Å². The molecule has 1 nitrogen and oxygen atoms in total. The van der Waals surface area contributed by atoms with Crippen molar-refractivity contribution in [2.45, 2.75) is 52.1 Å². The predicted octanol–water partition coefficient (Wildman–Crippen LogP) is -0.389. The van der Waals surface area contributed by atoms with Crippen LogP contribution in [0, 0.1) is 10.4 Å². The van der Waals surface area contributed by atoms with Crippen molar-refractivity contribution in [2.75, 3.05) is 6.61 Å². The van der Waals surface area contributed by atoms with E-state index in [4.69, 9.17) is 4.43 Å². The van der Waals surface area contributed by atoms with Crippen molar-refractivity contribution >= 4 is 34.1 Å². The van der Waals surface area contributed by atoms with Gasteiger partial charge >= 0.3 is 26.2 Å². The second-order valence-corrected chi connectivity index (χ2v) is 19.4. The van der Waals surface area contributed by atoms with Crippen LogP contribution in [-0.2, 0) is 30.6 Å². The van der Waals surface area contributed by atoms with Crippen molar-refractivity contribution in [3.8, 4) is 0 Å². The molecule has 2 aliphatic carbocycles. The van der Waals surface area contributed by atoms with Crippen LogP contribution in [0.5, 0.6) is 0 Å². The van der Waals surface area contributed by atoms with Crippen LogP contribution >= 0.6 is 0 Å². The molecule has 2 aromatic rings. The van der Waals surface area contributed by atoms with Crippen LogP contribution in [0.25, 0.3) is 17.7 Å². The Hall–Kier alpha value is -0.483. The molecule has 0 aliphatic heterocycles. The van der Waals surface area contributed by atoms with Gasteiger partial charge in [-0.3, -0.25) is 0 Å². The van der Waals surface area contributed by atoms with Crippen LogP contribution in [0.1, 0.15) is 24.5 Å². The summed E-state index contributed by atoms with van der Waals surface area (Å²) in [6.45, 7) is 14.9. The van der Waals surface area contributed by atoms with Gasteiger partial charge in [0.25, 0.3) is 0 Å². The van der Waals surface area contributed by atoms with Gasteiger partial charge in [-0.25, -0.2) is 0 Å². The van der Waals surface area contributed by atoms with Gasteiger partial charge in [0, 0.05) is 6.61 Å². The molecule has 33 heavy (non-hydrogen) atoms. The zero-order chi connectivity index (χ0) is 21.5. The molecule has 0 fully saturated rings. The first-order chi connectivity index (χ1) is 14.2. The average molecular weight is 592 g/mol. The molecule has 0 spiro atoms. The number of allylic oxidation sites excluding steroid dienone is 4. The zero-order valence-corrected chi connectivity index (χ0v) is 26.5. The zero-order valence-electron chi connectivity index (χ0n) is 20.5. The third-order valence-corrected chi connectivity index (χ3v) is 10.7. The molecule has 0 saturated carbocycles. The van der Waals surface area contributed by atoms with E-state index < -0.39 is 16.4 Å². The normalized spacial score (nSPS) is 14.7. The Labute approximate surface area is 232 Å². The summed E-state index contributed by atoms with van der Waals surface area (Å²) in [4.78, 5) is 0. The number of halogens is 2. The second kappa shape index (κ2) is 12.0. The summed E-state index contributed by atoms with van der Waals surface area (Å²) >= 11 is 0. The molecule has 2 aromatic carbocycles. The summed E-state index contributed by atoms with van der Waals surface area (Å²) < 4.78 is 6.18. The van der Waals surface area contributed by atoms with E-state index in [1.54, 1.807) is 5.20 Å². The van der Waals surface area contributed by atoms with Crippen LogP contribution in [0.3, 0.4) is 0 Å². The van der Waals surface area contributed by atoms with Crippen molar-refractivity contribution in [3.05, 3.63) is 85.7 Å². The van der Waals surface area contributed by atoms with Crippen molar-refractivity contribution in [1.29, 1.82) is 0 Å². The van der Waals surface area contributed by atoms with E-state index >= 15 is 0 Å². The average Bonchev–Trinajstić information content (AvgIpc) is 3.31. The number of benzene rings is 2. The molecule has 1 radical (unpaired) electrons. The predicted molar refractivity (Wildman–Crippen MR) is 135 cm³/mol. The first kappa shape index (κ1) is 30.5. The van der Waals surface area contributed by atoms with Crippen molar-refractivity contribution < 1.29 is 55.4 Å². The van der Waals surface area contributed by atoms with E-state index in [2.05, 4.69) is 100 Å². The van der Waals surface area contributed by atoms with Gasteiger partial charge in [-0.05, 0) is 39.0 Å². The number of hydrogen-bond donors (Lipinski definition) is 0. The Morgan fingerprint density at radius 2 is 1.67 bits per heavy atom. The Balaban J connectivity index is 0.00000181. The van der Waals surface area contributed by atoms with Crippen molar-refractivity contribution in [1.82, 2.24) is 0 Å². The van der Waals surface area contributed by atoms with Gasteiger partial charge in [-0.2, -0.15) is 0 Å². The van der Waals surface area contributed by atoms with Crippen LogP contribution in [-0.4, -0.2) is 23.0 Å². The summed E-state index contributed by atoms with van der Waals surface area (Å²) in [5.74, 6) is 0. The van der Waals surface area contributed by atoms with Gasteiger partial charge in [-0.1, -0.05) is 83.2 Å². The molecule has 173 valence electrons.